The second-order valence-electron chi connectivity index (χ2n) is 5.26. The molecule has 2 heterocycles. The van der Waals surface area contributed by atoms with E-state index in [1.807, 2.05) is 12.1 Å². The van der Waals surface area contributed by atoms with E-state index in [0.717, 1.165) is 37.6 Å². The van der Waals surface area contributed by atoms with E-state index in [1.165, 1.54) is 16.7 Å². The second kappa shape index (κ2) is 6.59. The minimum absolute atomic E-state index is 0.713. The zero-order valence-corrected chi connectivity index (χ0v) is 12.4. The van der Waals surface area contributed by atoms with Crippen LogP contribution in [0.4, 0.5) is 5.82 Å². The summed E-state index contributed by atoms with van der Waals surface area (Å²) in [4.78, 5) is 4.37. The van der Waals surface area contributed by atoms with Crippen LogP contribution in [0.3, 0.4) is 0 Å². The molecule has 0 unspecified atom stereocenters. The maximum Gasteiger partial charge on any atom is 0.169 e. The van der Waals surface area contributed by atoms with Crippen molar-refractivity contribution in [2.45, 2.75) is 33.0 Å². The Kier molecular flexibility index (Phi) is 4.36. The van der Waals surface area contributed by atoms with Crippen molar-refractivity contribution in [3.05, 3.63) is 53.2 Å². The standard InChI is InChI=1S/C17H21N3O/c1-2-8-21-16-4-3-7-19-17(16)20-10-13-5-6-14-11-18-12-15(14)9-13/h3-7,9,18H,2,8,10-12H2,1H3,(H,19,20). The predicted octanol–water partition coefficient (Wildman–Crippen LogP) is 3.09. The van der Waals surface area contributed by atoms with E-state index in [1.54, 1.807) is 6.20 Å². The number of aromatic nitrogens is 1. The monoisotopic (exact) mass is 283 g/mol. The lowest BCUT2D eigenvalue weighted by molar-refractivity contribution is 0.318. The van der Waals surface area contributed by atoms with Crippen molar-refractivity contribution >= 4 is 5.82 Å². The van der Waals surface area contributed by atoms with Gasteiger partial charge in [-0.3, -0.25) is 0 Å². The number of benzene rings is 1. The minimum Gasteiger partial charge on any atom is -0.490 e. The van der Waals surface area contributed by atoms with Crippen LogP contribution in [0.25, 0.3) is 0 Å². The van der Waals surface area contributed by atoms with Crippen molar-refractivity contribution in [3.63, 3.8) is 0 Å². The summed E-state index contributed by atoms with van der Waals surface area (Å²) in [5.74, 6) is 1.63. The fourth-order valence-corrected chi connectivity index (χ4v) is 2.50. The van der Waals surface area contributed by atoms with Gasteiger partial charge < -0.3 is 15.4 Å². The van der Waals surface area contributed by atoms with Crippen LogP contribution in [-0.2, 0) is 19.6 Å². The summed E-state index contributed by atoms with van der Waals surface area (Å²) in [7, 11) is 0. The number of nitrogens with zero attached hydrogens (tertiary/aromatic N) is 1. The van der Waals surface area contributed by atoms with E-state index in [-0.39, 0.29) is 0 Å². The van der Waals surface area contributed by atoms with Crippen LogP contribution in [0, 0.1) is 0 Å². The molecule has 0 atom stereocenters. The van der Waals surface area contributed by atoms with Crippen LogP contribution in [0.15, 0.2) is 36.5 Å². The average molecular weight is 283 g/mol. The molecular weight excluding hydrogens is 262 g/mol. The van der Waals surface area contributed by atoms with Gasteiger partial charge in [0.05, 0.1) is 6.61 Å². The Morgan fingerprint density at radius 2 is 2.14 bits per heavy atom. The highest BCUT2D eigenvalue weighted by molar-refractivity contribution is 5.50. The molecule has 21 heavy (non-hydrogen) atoms. The summed E-state index contributed by atoms with van der Waals surface area (Å²) in [5.41, 5.74) is 4.07. The van der Waals surface area contributed by atoms with Gasteiger partial charge in [0.2, 0.25) is 0 Å². The maximum atomic E-state index is 5.71. The third-order valence-electron chi connectivity index (χ3n) is 3.59. The number of pyridine rings is 1. The number of hydrogen-bond acceptors (Lipinski definition) is 4. The van der Waals surface area contributed by atoms with E-state index in [2.05, 4.69) is 40.7 Å². The molecule has 0 saturated carbocycles. The number of anilines is 1. The fraction of sp³-hybridized carbons (Fsp3) is 0.353. The number of rotatable bonds is 6. The topological polar surface area (TPSA) is 46.2 Å². The molecule has 0 radical (unpaired) electrons. The van der Waals surface area contributed by atoms with Crippen LogP contribution in [0.1, 0.15) is 30.0 Å². The van der Waals surface area contributed by atoms with Crippen LogP contribution >= 0.6 is 0 Å². The molecule has 110 valence electrons. The Morgan fingerprint density at radius 3 is 3.05 bits per heavy atom. The van der Waals surface area contributed by atoms with Gasteiger partial charge in [0.1, 0.15) is 0 Å². The highest BCUT2D eigenvalue weighted by atomic mass is 16.5. The molecule has 2 N–H and O–H groups in total. The Hall–Kier alpha value is -2.07. The first-order valence-electron chi connectivity index (χ1n) is 7.50. The Balaban J connectivity index is 1.67. The summed E-state index contributed by atoms with van der Waals surface area (Å²) in [6.07, 6.45) is 2.78. The van der Waals surface area contributed by atoms with Crippen molar-refractivity contribution in [2.75, 3.05) is 11.9 Å². The molecule has 0 amide bonds. The Morgan fingerprint density at radius 1 is 1.24 bits per heavy atom. The lowest BCUT2D eigenvalue weighted by Crippen LogP contribution is -2.05. The van der Waals surface area contributed by atoms with Gasteiger partial charge in [-0.15, -0.1) is 0 Å². The highest BCUT2D eigenvalue weighted by Crippen LogP contribution is 2.23. The van der Waals surface area contributed by atoms with E-state index < -0.39 is 0 Å². The minimum atomic E-state index is 0.713. The summed E-state index contributed by atoms with van der Waals surface area (Å²) < 4.78 is 5.71. The van der Waals surface area contributed by atoms with Gasteiger partial charge in [-0.2, -0.15) is 0 Å². The molecule has 0 saturated heterocycles. The molecule has 2 aromatic rings. The quantitative estimate of drug-likeness (QED) is 0.855. The molecule has 3 rings (SSSR count). The van der Waals surface area contributed by atoms with Crippen molar-refractivity contribution in [2.24, 2.45) is 0 Å². The lowest BCUT2D eigenvalue weighted by Gasteiger charge is -2.12. The molecule has 0 aliphatic carbocycles. The van der Waals surface area contributed by atoms with Gasteiger partial charge >= 0.3 is 0 Å². The number of ether oxygens (including phenoxy) is 1. The molecule has 4 nitrogen and oxygen atoms in total. The normalized spacial score (nSPS) is 13.0. The molecular formula is C17H21N3O. The fourth-order valence-electron chi connectivity index (χ4n) is 2.50. The first kappa shape index (κ1) is 13.9. The van der Waals surface area contributed by atoms with Gasteiger partial charge in [-0.05, 0) is 35.2 Å². The van der Waals surface area contributed by atoms with Gasteiger partial charge in [0.15, 0.2) is 11.6 Å². The van der Waals surface area contributed by atoms with Crippen LogP contribution in [-0.4, -0.2) is 11.6 Å². The highest BCUT2D eigenvalue weighted by Gasteiger charge is 2.10. The summed E-state index contributed by atoms with van der Waals surface area (Å²) in [6, 6.07) is 10.5. The van der Waals surface area contributed by atoms with Gasteiger partial charge in [0, 0.05) is 25.8 Å². The van der Waals surface area contributed by atoms with E-state index in [4.69, 9.17) is 4.74 Å². The SMILES string of the molecule is CCCOc1cccnc1NCc1ccc2c(c1)CNC2. The third-order valence-corrected chi connectivity index (χ3v) is 3.59. The first-order valence-corrected chi connectivity index (χ1v) is 7.50. The predicted molar refractivity (Wildman–Crippen MR) is 84.3 cm³/mol. The van der Waals surface area contributed by atoms with E-state index in [0.29, 0.717) is 6.61 Å². The van der Waals surface area contributed by atoms with Crippen molar-refractivity contribution in [1.82, 2.24) is 10.3 Å². The zero-order valence-electron chi connectivity index (χ0n) is 12.4. The molecule has 1 aromatic carbocycles. The second-order valence-corrected chi connectivity index (χ2v) is 5.26. The third kappa shape index (κ3) is 3.34. The zero-order chi connectivity index (χ0) is 14.5. The summed E-state index contributed by atoms with van der Waals surface area (Å²) in [6.45, 7) is 5.52. The molecule has 4 heteroatoms. The Labute approximate surface area is 125 Å². The van der Waals surface area contributed by atoms with E-state index in [9.17, 15) is 0 Å². The van der Waals surface area contributed by atoms with Crippen molar-refractivity contribution < 1.29 is 4.74 Å². The smallest absolute Gasteiger partial charge is 0.169 e. The van der Waals surface area contributed by atoms with Gasteiger partial charge in [-0.1, -0.05) is 25.1 Å². The first-order chi connectivity index (χ1) is 10.4. The number of hydrogen-bond donors (Lipinski definition) is 2. The average Bonchev–Trinajstić information content (AvgIpc) is 2.99. The van der Waals surface area contributed by atoms with Crippen molar-refractivity contribution in [1.29, 1.82) is 0 Å². The molecule has 0 fully saturated rings. The number of fused-ring (bicyclic) bond motifs is 1. The van der Waals surface area contributed by atoms with Crippen LogP contribution < -0.4 is 15.4 Å². The van der Waals surface area contributed by atoms with Crippen LogP contribution in [0.2, 0.25) is 0 Å². The molecule has 1 aliphatic rings. The van der Waals surface area contributed by atoms with Crippen LogP contribution in [0.5, 0.6) is 5.75 Å². The lowest BCUT2D eigenvalue weighted by atomic mass is 10.1. The van der Waals surface area contributed by atoms with Gasteiger partial charge in [-0.25, -0.2) is 4.98 Å². The molecule has 1 aliphatic heterocycles. The molecule has 1 aromatic heterocycles. The molecule has 0 spiro atoms. The number of nitrogens with one attached hydrogen (secondary N) is 2. The maximum absolute atomic E-state index is 5.71. The molecule has 0 bridgehead atoms. The Bertz CT molecular complexity index is 613. The largest absolute Gasteiger partial charge is 0.490 e. The van der Waals surface area contributed by atoms with Crippen molar-refractivity contribution in [3.8, 4) is 5.75 Å². The van der Waals surface area contributed by atoms with Gasteiger partial charge in [0.25, 0.3) is 0 Å². The summed E-state index contributed by atoms with van der Waals surface area (Å²) >= 11 is 0. The summed E-state index contributed by atoms with van der Waals surface area (Å²) in [5, 5.41) is 6.74. The van der Waals surface area contributed by atoms with E-state index >= 15 is 0 Å².